The van der Waals surface area contributed by atoms with Gasteiger partial charge in [0, 0.05) is 23.4 Å². The Morgan fingerprint density at radius 2 is 1.71 bits per heavy atom. The summed E-state index contributed by atoms with van der Waals surface area (Å²) in [4.78, 5) is 24.7. The summed E-state index contributed by atoms with van der Waals surface area (Å²) in [5, 5.41) is 0.634. The first-order valence-corrected chi connectivity index (χ1v) is 9.57. The number of hydrogen-bond donors (Lipinski definition) is 0. The van der Waals surface area contributed by atoms with Crippen LogP contribution in [-0.4, -0.2) is 17.7 Å². The number of halogens is 1. The van der Waals surface area contributed by atoms with Gasteiger partial charge in [-0.25, -0.2) is 9.59 Å². The summed E-state index contributed by atoms with van der Waals surface area (Å²) in [6.45, 7) is 0.312. The molecule has 0 unspecified atom stereocenters. The van der Waals surface area contributed by atoms with Gasteiger partial charge in [-0.05, 0) is 42.7 Å². The minimum atomic E-state index is -1.06. The van der Waals surface area contributed by atoms with Crippen molar-refractivity contribution in [1.29, 1.82) is 0 Å². The maximum atomic E-state index is 12.4. The van der Waals surface area contributed by atoms with Crippen LogP contribution in [0.1, 0.15) is 36.8 Å². The predicted octanol–water partition coefficient (Wildman–Crippen LogP) is 4.67. The van der Waals surface area contributed by atoms with Crippen LogP contribution in [0.4, 0.5) is 0 Å². The van der Waals surface area contributed by atoms with Crippen molar-refractivity contribution in [2.75, 3.05) is 0 Å². The normalized spacial score (nSPS) is 18.0. The van der Waals surface area contributed by atoms with Gasteiger partial charge in [0.05, 0.1) is 0 Å². The van der Waals surface area contributed by atoms with Gasteiger partial charge >= 0.3 is 11.9 Å². The van der Waals surface area contributed by atoms with Crippen LogP contribution in [0.3, 0.4) is 0 Å². The molecule has 2 aromatic rings. The van der Waals surface area contributed by atoms with E-state index in [1.807, 2.05) is 18.2 Å². The smallest absolute Gasteiger partial charge is 0.348 e. The molecule has 0 radical (unpaired) electrons. The first kappa shape index (κ1) is 18.6. The zero-order chi connectivity index (χ0) is 19.6. The van der Waals surface area contributed by atoms with Gasteiger partial charge in [0.1, 0.15) is 17.9 Å². The molecule has 2 aromatic carbocycles. The predicted molar refractivity (Wildman–Crippen MR) is 104 cm³/mol. The van der Waals surface area contributed by atoms with Gasteiger partial charge in [-0.3, -0.25) is 0 Å². The van der Waals surface area contributed by atoms with Crippen molar-refractivity contribution in [3.05, 3.63) is 70.3 Å². The quantitative estimate of drug-likeness (QED) is 0.425. The second-order valence-electron chi connectivity index (χ2n) is 6.91. The van der Waals surface area contributed by atoms with Crippen LogP contribution in [0, 0.1) is 0 Å². The molecule has 0 bridgehead atoms. The fraction of sp³-hybridized carbons (Fsp3) is 0.273. The van der Waals surface area contributed by atoms with Crippen molar-refractivity contribution < 1.29 is 23.8 Å². The Labute approximate surface area is 167 Å². The summed E-state index contributed by atoms with van der Waals surface area (Å²) in [5.41, 5.74) is 1.40. The van der Waals surface area contributed by atoms with Crippen LogP contribution in [-0.2, 0) is 25.7 Å². The first-order valence-electron chi connectivity index (χ1n) is 9.19. The zero-order valence-corrected chi connectivity index (χ0v) is 15.9. The van der Waals surface area contributed by atoms with E-state index in [1.165, 1.54) is 6.08 Å². The van der Waals surface area contributed by atoms with Gasteiger partial charge in [0.25, 0.3) is 5.79 Å². The highest BCUT2D eigenvalue weighted by Crippen LogP contribution is 2.38. The second-order valence-corrected chi connectivity index (χ2v) is 7.31. The van der Waals surface area contributed by atoms with Crippen LogP contribution in [0.25, 0.3) is 6.08 Å². The summed E-state index contributed by atoms with van der Waals surface area (Å²) < 4.78 is 16.7. The van der Waals surface area contributed by atoms with Crippen molar-refractivity contribution in [3.63, 3.8) is 0 Å². The van der Waals surface area contributed by atoms with E-state index in [1.54, 1.807) is 30.3 Å². The SMILES string of the molecule is O=C1OC2(CCCC2)OC(=O)C1=Cc1cccc(OCc2ccccc2Cl)c1. The Morgan fingerprint density at radius 1 is 1.00 bits per heavy atom. The molecular formula is C22H19ClO5. The Hall–Kier alpha value is -2.79. The molecule has 1 saturated heterocycles. The molecule has 1 saturated carbocycles. The number of hydrogen-bond acceptors (Lipinski definition) is 5. The van der Waals surface area contributed by atoms with Gasteiger partial charge in [-0.1, -0.05) is 41.9 Å². The van der Waals surface area contributed by atoms with Crippen molar-refractivity contribution >= 4 is 29.6 Å². The van der Waals surface area contributed by atoms with Gasteiger partial charge in [0.15, 0.2) is 0 Å². The molecule has 4 rings (SSSR count). The third kappa shape index (κ3) is 3.90. The summed E-state index contributed by atoms with van der Waals surface area (Å²) >= 11 is 6.14. The molecule has 5 nitrogen and oxygen atoms in total. The van der Waals surface area contributed by atoms with Crippen molar-refractivity contribution in [2.45, 2.75) is 38.1 Å². The van der Waals surface area contributed by atoms with Crippen molar-refractivity contribution in [1.82, 2.24) is 0 Å². The minimum absolute atomic E-state index is 0.110. The van der Waals surface area contributed by atoms with E-state index in [2.05, 4.69) is 0 Å². The largest absolute Gasteiger partial charge is 0.489 e. The molecule has 1 aliphatic heterocycles. The van der Waals surface area contributed by atoms with Crippen LogP contribution >= 0.6 is 11.6 Å². The number of carbonyl (C=O) groups excluding carboxylic acids is 2. The van der Waals surface area contributed by atoms with E-state index < -0.39 is 17.7 Å². The van der Waals surface area contributed by atoms with Crippen LogP contribution in [0.15, 0.2) is 54.1 Å². The molecule has 28 heavy (non-hydrogen) atoms. The Balaban J connectivity index is 1.49. The molecule has 0 atom stereocenters. The Bertz CT molecular complexity index is 921. The molecule has 1 aliphatic carbocycles. The van der Waals surface area contributed by atoms with Crippen LogP contribution in [0.2, 0.25) is 5.02 Å². The lowest BCUT2D eigenvalue weighted by Crippen LogP contribution is -2.44. The summed E-state index contributed by atoms with van der Waals surface area (Å²) in [5.74, 6) is -1.74. The van der Waals surface area contributed by atoms with Gasteiger partial charge < -0.3 is 14.2 Å². The monoisotopic (exact) mass is 398 g/mol. The van der Waals surface area contributed by atoms with E-state index >= 15 is 0 Å². The molecule has 2 fully saturated rings. The molecule has 0 amide bonds. The highest BCUT2D eigenvalue weighted by molar-refractivity contribution is 6.31. The summed E-state index contributed by atoms with van der Waals surface area (Å²) in [7, 11) is 0. The minimum Gasteiger partial charge on any atom is -0.489 e. The van der Waals surface area contributed by atoms with E-state index in [-0.39, 0.29) is 5.57 Å². The average Bonchev–Trinajstić information content (AvgIpc) is 3.12. The maximum absolute atomic E-state index is 12.4. The van der Waals surface area contributed by atoms with Gasteiger partial charge in [0.2, 0.25) is 0 Å². The van der Waals surface area contributed by atoms with Crippen molar-refractivity contribution in [3.8, 4) is 5.75 Å². The summed E-state index contributed by atoms with van der Waals surface area (Å²) in [6.07, 6.45) is 4.34. The van der Waals surface area contributed by atoms with E-state index in [0.29, 0.717) is 35.8 Å². The first-order chi connectivity index (χ1) is 13.5. The standard InChI is InChI=1S/C22H19ClO5/c23-19-9-2-1-7-16(19)14-26-17-8-5-6-15(12-17)13-18-20(24)27-22(28-21(18)25)10-3-4-11-22/h1-2,5-9,12-13H,3-4,10-11,14H2. The molecule has 6 heteroatoms. The van der Waals surface area contributed by atoms with Crippen molar-refractivity contribution in [2.24, 2.45) is 0 Å². The number of carbonyl (C=O) groups is 2. The summed E-state index contributed by atoms with van der Waals surface area (Å²) in [6, 6.07) is 14.5. The highest BCUT2D eigenvalue weighted by Gasteiger charge is 2.47. The number of benzene rings is 2. The topological polar surface area (TPSA) is 61.8 Å². The second kappa shape index (κ2) is 7.68. The maximum Gasteiger partial charge on any atom is 0.348 e. The third-order valence-electron chi connectivity index (χ3n) is 4.88. The lowest BCUT2D eigenvalue weighted by Gasteiger charge is -2.32. The highest BCUT2D eigenvalue weighted by atomic mass is 35.5. The lowest BCUT2D eigenvalue weighted by molar-refractivity contribution is -0.232. The van der Waals surface area contributed by atoms with E-state index in [4.69, 9.17) is 25.8 Å². The number of rotatable bonds is 4. The molecule has 0 N–H and O–H groups in total. The molecule has 2 aliphatic rings. The zero-order valence-electron chi connectivity index (χ0n) is 15.2. The van der Waals surface area contributed by atoms with Gasteiger partial charge in [-0.15, -0.1) is 0 Å². The van der Waals surface area contributed by atoms with Crippen LogP contribution < -0.4 is 4.74 Å². The molecule has 144 valence electrons. The Morgan fingerprint density at radius 3 is 2.43 bits per heavy atom. The van der Waals surface area contributed by atoms with Crippen LogP contribution in [0.5, 0.6) is 5.75 Å². The molecular weight excluding hydrogens is 380 g/mol. The molecule has 0 aromatic heterocycles. The fourth-order valence-electron chi connectivity index (χ4n) is 3.42. The molecule has 1 heterocycles. The van der Waals surface area contributed by atoms with Gasteiger partial charge in [-0.2, -0.15) is 0 Å². The van der Waals surface area contributed by atoms with E-state index in [9.17, 15) is 9.59 Å². The van der Waals surface area contributed by atoms with E-state index in [0.717, 1.165) is 18.4 Å². The molecule has 1 spiro atoms. The number of esters is 2. The number of ether oxygens (including phenoxy) is 3. The fourth-order valence-corrected chi connectivity index (χ4v) is 3.62. The lowest BCUT2D eigenvalue weighted by atomic mass is 10.1. The third-order valence-corrected chi connectivity index (χ3v) is 5.25. The average molecular weight is 399 g/mol. The Kier molecular flexibility index (Phi) is 5.09.